The van der Waals surface area contributed by atoms with Gasteiger partial charge in [-0.1, -0.05) is 18.2 Å². The summed E-state index contributed by atoms with van der Waals surface area (Å²) < 4.78 is 4.70. The maximum absolute atomic E-state index is 11.7. The summed E-state index contributed by atoms with van der Waals surface area (Å²) in [4.78, 5) is 25.2. The molecule has 0 unspecified atom stereocenters. The van der Waals surface area contributed by atoms with Crippen molar-refractivity contribution >= 4 is 17.6 Å². The molecule has 2 aliphatic rings. The van der Waals surface area contributed by atoms with Gasteiger partial charge in [-0.15, -0.1) is 0 Å². The average molecular weight is 245 g/mol. The Labute approximate surface area is 106 Å². The molecule has 1 aromatic carbocycles. The second-order valence-corrected chi connectivity index (χ2v) is 5.04. The number of anilines is 1. The predicted octanol–water partition coefficient (Wildman–Crippen LogP) is 1.75. The molecule has 4 heteroatoms. The lowest BCUT2D eigenvalue weighted by atomic mass is 9.77. The maximum Gasteiger partial charge on any atom is 0.320 e. The van der Waals surface area contributed by atoms with Crippen LogP contribution in [0.3, 0.4) is 0 Å². The van der Waals surface area contributed by atoms with Gasteiger partial charge in [0.25, 0.3) is 0 Å². The molecule has 4 nitrogen and oxygen atoms in total. The van der Waals surface area contributed by atoms with Crippen LogP contribution in [0.2, 0.25) is 0 Å². The second kappa shape index (κ2) is 4.12. The van der Waals surface area contributed by atoms with E-state index in [4.69, 9.17) is 4.74 Å². The lowest BCUT2D eigenvalue weighted by Crippen LogP contribution is -2.42. The maximum atomic E-state index is 11.7. The Kier molecular flexibility index (Phi) is 2.58. The van der Waals surface area contributed by atoms with Gasteiger partial charge >= 0.3 is 11.9 Å². The highest BCUT2D eigenvalue weighted by Crippen LogP contribution is 2.41. The topological polar surface area (TPSA) is 46.6 Å². The summed E-state index contributed by atoms with van der Waals surface area (Å²) in [6, 6.07) is 10.1. The highest BCUT2D eigenvalue weighted by atomic mass is 16.6. The van der Waals surface area contributed by atoms with E-state index >= 15 is 0 Å². The molecule has 1 aromatic rings. The first-order chi connectivity index (χ1) is 8.70. The molecular formula is C14H15NO3. The lowest BCUT2D eigenvalue weighted by molar-refractivity contribution is -0.155. The second-order valence-electron chi connectivity index (χ2n) is 5.04. The zero-order valence-electron chi connectivity index (χ0n) is 10.1. The van der Waals surface area contributed by atoms with E-state index < -0.39 is 5.41 Å². The van der Waals surface area contributed by atoms with Crippen molar-refractivity contribution in [2.24, 2.45) is 5.41 Å². The number of ether oxygens (including phenoxy) is 1. The van der Waals surface area contributed by atoms with Crippen LogP contribution in [0.5, 0.6) is 0 Å². The standard InChI is InChI=1S/C14H15NO3/c16-12-10-14(13(17)18-12)6-8-15(9-7-14)11-4-2-1-3-5-11/h1-5H,6-10H2. The number of carbonyl (C=O) groups is 2. The number of piperidine rings is 1. The minimum atomic E-state index is -0.539. The predicted molar refractivity (Wildman–Crippen MR) is 66.0 cm³/mol. The van der Waals surface area contributed by atoms with Gasteiger partial charge in [0.2, 0.25) is 0 Å². The molecule has 1 spiro atoms. The van der Waals surface area contributed by atoms with Crippen LogP contribution < -0.4 is 4.90 Å². The third kappa shape index (κ3) is 1.78. The number of hydrogen-bond acceptors (Lipinski definition) is 4. The highest BCUT2D eigenvalue weighted by molar-refractivity contribution is 5.97. The van der Waals surface area contributed by atoms with Gasteiger partial charge in [-0.25, -0.2) is 0 Å². The van der Waals surface area contributed by atoms with Crippen molar-refractivity contribution in [1.29, 1.82) is 0 Å². The molecule has 0 N–H and O–H groups in total. The number of rotatable bonds is 1. The number of nitrogens with zero attached hydrogens (tertiary/aromatic N) is 1. The van der Waals surface area contributed by atoms with Crippen molar-refractivity contribution < 1.29 is 14.3 Å². The van der Waals surface area contributed by atoms with Crippen LogP contribution in [-0.4, -0.2) is 25.0 Å². The minimum Gasteiger partial charge on any atom is -0.393 e. The summed E-state index contributed by atoms with van der Waals surface area (Å²) in [5.74, 6) is -0.687. The van der Waals surface area contributed by atoms with E-state index in [0.29, 0.717) is 12.8 Å². The lowest BCUT2D eigenvalue weighted by Gasteiger charge is -2.37. The average Bonchev–Trinajstić information content (AvgIpc) is 2.66. The van der Waals surface area contributed by atoms with Crippen LogP contribution in [0.4, 0.5) is 5.69 Å². The third-order valence-electron chi connectivity index (χ3n) is 3.96. The van der Waals surface area contributed by atoms with E-state index in [2.05, 4.69) is 17.0 Å². The first-order valence-electron chi connectivity index (χ1n) is 6.25. The summed E-state index contributed by atoms with van der Waals surface area (Å²) in [6.45, 7) is 1.60. The van der Waals surface area contributed by atoms with Gasteiger partial charge < -0.3 is 9.64 Å². The van der Waals surface area contributed by atoms with E-state index in [0.717, 1.165) is 13.1 Å². The van der Waals surface area contributed by atoms with E-state index in [1.807, 2.05) is 18.2 Å². The summed E-state index contributed by atoms with van der Waals surface area (Å²) in [5.41, 5.74) is 0.632. The van der Waals surface area contributed by atoms with Gasteiger partial charge in [0.05, 0.1) is 11.8 Å². The van der Waals surface area contributed by atoms with Crippen LogP contribution in [0.15, 0.2) is 30.3 Å². The van der Waals surface area contributed by atoms with E-state index in [-0.39, 0.29) is 18.4 Å². The van der Waals surface area contributed by atoms with Crippen molar-refractivity contribution in [3.05, 3.63) is 30.3 Å². The van der Waals surface area contributed by atoms with Crippen LogP contribution in [0.1, 0.15) is 19.3 Å². The monoisotopic (exact) mass is 245 g/mol. The fourth-order valence-corrected chi connectivity index (χ4v) is 2.81. The van der Waals surface area contributed by atoms with Crippen LogP contribution in [0, 0.1) is 5.41 Å². The molecule has 0 aliphatic carbocycles. The molecule has 0 saturated carbocycles. The smallest absolute Gasteiger partial charge is 0.320 e. The molecule has 0 aromatic heterocycles. The Balaban J connectivity index is 1.72. The number of cyclic esters (lactones) is 2. The summed E-state index contributed by atoms with van der Waals surface area (Å²) in [5, 5.41) is 0. The SMILES string of the molecule is O=C1CC2(CCN(c3ccccc3)CC2)C(=O)O1. The molecule has 2 saturated heterocycles. The van der Waals surface area contributed by atoms with Crippen LogP contribution in [-0.2, 0) is 14.3 Å². The molecule has 3 rings (SSSR count). The Morgan fingerprint density at radius 2 is 1.72 bits per heavy atom. The molecular weight excluding hydrogens is 230 g/mol. The normalized spacial score (nSPS) is 22.3. The Morgan fingerprint density at radius 3 is 2.28 bits per heavy atom. The largest absolute Gasteiger partial charge is 0.393 e. The van der Waals surface area contributed by atoms with Crippen molar-refractivity contribution in [1.82, 2.24) is 0 Å². The third-order valence-corrected chi connectivity index (χ3v) is 3.96. The van der Waals surface area contributed by atoms with Crippen molar-refractivity contribution in [3.8, 4) is 0 Å². The number of para-hydroxylation sites is 1. The first kappa shape index (κ1) is 11.3. The fraction of sp³-hybridized carbons (Fsp3) is 0.429. The molecule has 2 heterocycles. The van der Waals surface area contributed by atoms with Crippen LogP contribution in [0.25, 0.3) is 0 Å². The summed E-state index contributed by atoms with van der Waals surface area (Å²) in [6.07, 6.45) is 1.66. The molecule has 18 heavy (non-hydrogen) atoms. The highest BCUT2D eigenvalue weighted by Gasteiger charge is 2.50. The molecule has 94 valence electrons. The Morgan fingerprint density at radius 1 is 1.06 bits per heavy atom. The van der Waals surface area contributed by atoms with E-state index in [9.17, 15) is 9.59 Å². The van der Waals surface area contributed by atoms with Gasteiger partial charge in [-0.3, -0.25) is 9.59 Å². The summed E-state index contributed by atoms with van der Waals surface area (Å²) >= 11 is 0. The molecule has 0 atom stereocenters. The molecule has 0 bridgehead atoms. The van der Waals surface area contributed by atoms with E-state index in [1.54, 1.807) is 0 Å². The molecule has 0 amide bonds. The zero-order chi connectivity index (χ0) is 12.6. The number of benzene rings is 1. The Hall–Kier alpha value is -1.84. The van der Waals surface area contributed by atoms with Gasteiger partial charge in [-0.05, 0) is 25.0 Å². The van der Waals surface area contributed by atoms with Crippen LogP contribution >= 0.6 is 0 Å². The number of hydrogen-bond donors (Lipinski definition) is 0. The van der Waals surface area contributed by atoms with Crippen molar-refractivity contribution in [2.75, 3.05) is 18.0 Å². The molecule has 0 radical (unpaired) electrons. The molecule has 2 aliphatic heterocycles. The number of carbonyl (C=O) groups excluding carboxylic acids is 2. The zero-order valence-corrected chi connectivity index (χ0v) is 10.1. The Bertz CT molecular complexity index is 475. The number of esters is 2. The summed E-state index contributed by atoms with van der Waals surface area (Å²) in [7, 11) is 0. The van der Waals surface area contributed by atoms with Gasteiger partial charge in [0.15, 0.2) is 0 Å². The molecule has 2 fully saturated rings. The minimum absolute atomic E-state index is 0.258. The first-order valence-corrected chi connectivity index (χ1v) is 6.25. The van der Waals surface area contributed by atoms with Crippen molar-refractivity contribution in [2.45, 2.75) is 19.3 Å². The van der Waals surface area contributed by atoms with Gasteiger partial charge in [-0.2, -0.15) is 0 Å². The quantitative estimate of drug-likeness (QED) is 0.558. The van der Waals surface area contributed by atoms with Crippen molar-refractivity contribution in [3.63, 3.8) is 0 Å². The van der Waals surface area contributed by atoms with Gasteiger partial charge in [0.1, 0.15) is 0 Å². The van der Waals surface area contributed by atoms with Gasteiger partial charge in [0, 0.05) is 18.8 Å². The fourth-order valence-electron chi connectivity index (χ4n) is 2.81. The van der Waals surface area contributed by atoms with E-state index in [1.165, 1.54) is 5.69 Å².